The van der Waals surface area contributed by atoms with Gasteiger partial charge in [-0.05, 0) is 25.0 Å². The van der Waals surface area contributed by atoms with Crippen LogP contribution in [0.5, 0.6) is 0 Å². The number of ketones is 1. The van der Waals surface area contributed by atoms with E-state index in [1.54, 1.807) is 4.90 Å². The first-order valence-corrected chi connectivity index (χ1v) is 4.97. The number of fused-ring (bicyclic) bond motifs is 1. The Morgan fingerprint density at radius 1 is 1.47 bits per heavy atom. The molecule has 0 atom stereocenters. The van der Waals surface area contributed by atoms with E-state index < -0.39 is 0 Å². The predicted octanol–water partition coefficient (Wildman–Crippen LogP) is 1.54. The zero-order valence-corrected chi connectivity index (χ0v) is 8.91. The number of carbonyl (C=O) groups excluding carboxylic acids is 2. The van der Waals surface area contributed by atoms with Crippen molar-refractivity contribution < 1.29 is 9.59 Å². The van der Waals surface area contributed by atoms with E-state index in [4.69, 9.17) is 0 Å². The van der Waals surface area contributed by atoms with Crippen molar-refractivity contribution in [1.82, 2.24) is 4.90 Å². The lowest BCUT2D eigenvalue weighted by atomic mass is 10.0. The van der Waals surface area contributed by atoms with E-state index in [9.17, 15) is 9.59 Å². The lowest BCUT2D eigenvalue weighted by molar-refractivity contribution is -0.117. The fourth-order valence-electron chi connectivity index (χ4n) is 2.00. The van der Waals surface area contributed by atoms with Crippen LogP contribution in [0.1, 0.15) is 28.4 Å². The number of nitrogens with zero attached hydrogens (tertiary/aromatic N) is 1. The number of rotatable bonds is 2. The monoisotopic (exact) mass is 203 g/mol. The zero-order valence-electron chi connectivity index (χ0n) is 8.91. The van der Waals surface area contributed by atoms with Gasteiger partial charge in [-0.1, -0.05) is 18.2 Å². The molecule has 1 amide bonds. The van der Waals surface area contributed by atoms with Crippen molar-refractivity contribution in [2.45, 2.75) is 20.4 Å². The number of hydrogen-bond donors (Lipinski definition) is 0. The average molecular weight is 203 g/mol. The summed E-state index contributed by atoms with van der Waals surface area (Å²) in [6.07, 6.45) is 0. The SMILES string of the molecule is CC(=O)CN1Cc2cccc(C)c2C1=O. The van der Waals surface area contributed by atoms with Gasteiger partial charge < -0.3 is 4.90 Å². The van der Waals surface area contributed by atoms with Gasteiger partial charge in [0, 0.05) is 12.1 Å². The third kappa shape index (κ3) is 1.65. The molecule has 0 saturated carbocycles. The molecule has 1 aliphatic rings. The van der Waals surface area contributed by atoms with Crippen molar-refractivity contribution in [2.75, 3.05) is 6.54 Å². The third-order valence-electron chi connectivity index (χ3n) is 2.63. The molecule has 0 spiro atoms. The fraction of sp³-hybridized carbons (Fsp3) is 0.333. The molecule has 2 rings (SSSR count). The molecule has 0 aromatic heterocycles. The molecular weight excluding hydrogens is 190 g/mol. The van der Waals surface area contributed by atoms with Gasteiger partial charge in [0.15, 0.2) is 0 Å². The number of hydrogen-bond acceptors (Lipinski definition) is 2. The Balaban J connectivity index is 2.34. The molecule has 0 aliphatic carbocycles. The number of carbonyl (C=O) groups is 2. The Labute approximate surface area is 88.7 Å². The first-order chi connectivity index (χ1) is 7.09. The number of Topliss-reactive ketones (excluding diaryl/α,β-unsaturated/α-hetero) is 1. The van der Waals surface area contributed by atoms with Crippen molar-refractivity contribution in [2.24, 2.45) is 0 Å². The van der Waals surface area contributed by atoms with Crippen molar-refractivity contribution in [1.29, 1.82) is 0 Å². The summed E-state index contributed by atoms with van der Waals surface area (Å²) in [5.41, 5.74) is 2.79. The van der Waals surface area contributed by atoms with Gasteiger partial charge >= 0.3 is 0 Å². The molecule has 1 aromatic rings. The largest absolute Gasteiger partial charge is 0.327 e. The first kappa shape index (κ1) is 9.90. The van der Waals surface area contributed by atoms with E-state index in [1.165, 1.54) is 6.92 Å². The summed E-state index contributed by atoms with van der Waals surface area (Å²) in [4.78, 5) is 24.5. The van der Waals surface area contributed by atoms with E-state index in [2.05, 4.69) is 0 Å². The van der Waals surface area contributed by atoms with Crippen LogP contribution in [-0.4, -0.2) is 23.1 Å². The molecular formula is C12H13NO2. The maximum Gasteiger partial charge on any atom is 0.255 e. The molecule has 1 aromatic carbocycles. The summed E-state index contributed by atoms with van der Waals surface area (Å²) in [6.45, 7) is 4.21. The van der Waals surface area contributed by atoms with Crippen LogP contribution < -0.4 is 0 Å². The second kappa shape index (κ2) is 3.50. The van der Waals surface area contributed by atoms with Crippen LogP contribution in [0.2, 0.25) is 0 Å². The minimum atomic E-state index is -0.0155. The van der Waals surface area contributed by atoms with Crippen molar-refractivity contribution >= 4 is 11.7 Å². The molecule has 15 heavy (non-hydrogen) atoms. The van der Waals surface area contributed by atoms with Crippen molar-refractivity contribution in [3.05, 3.63) is 34.9 Å². The highest BCUT2D eigenvalue weighted by molar-refractivity contribution is 6.01. The molecule has 0 radical (unpaired) electrons. The average Bonchev–Trinajstić information content (AvgIpc) is 2.44. The zero-order chi connectivity index (χ0) is 11.0. The topological polar surface area (TPSA) is 37.4 Å². The Morgan fingerprint density at radius 2 is 2.20 bits per heavy atom. The molecule has 0 fully saturated rings. The molecule has 3 nitrogen and oxygen atoms in total. The predicted molar refractivity (Wildman–Crippen MR) is 56.6 cm³/mol. The smallest absolute Gasteiger partial charge is 0.255 e. The van der Waals surface area contributed by atoms with Crippen molar-refractivity contribution in [3.63, 3.8) is 0 Å². The molecule has 0 saturated heterocycles. The summed E-state index contributed by atoms with van der Waals surface area (Å²) >= 11 is 0. The van der Waals surface area contributed by atoms with Crippen LogP contribution >= 0.6 is 0 Å². The Kier molecular flexibility index (Phi) is 2.31. The highest BCUT2D eigenvalue weighted by Crippen LogP contribution is 2.25. The van der Waals surface area contributed by atoms with E-state index >= 15 is 0 Å². The van der Waals surface area contributed by atoms with E-state index in [1.807, 2.05) is 25.1 Å². The van der Waals surface area contributed by atoms with Gasteiger partial charge in [0.2, 0.25) is 0 Å². The van der Waals surface area contributed by atoms with E-state index in [0.29, 0.717) is 6.54 Å². The van der Waals surface area contributed by atoms with Crippen LogP contribution in [0, 0.1) is 6.92 Å². The molecule has 0 N–H and O–H groups in total. The normalized spacial score (nSPS) is 14.3. The second-order valence-electron chi connectivity index (χ2n) is 3.97. The van der Waals surface area contributed by atoms with Gasteiger partial charge in [0.05, 0.1) is 6.54 Å². The number of aryl methyl sites for hydroxylation is 1. The summed E-state index contributed by atoms with van der Waals surface area (Å²) in [5, 5.41) is 0. The lowest BCUT2D eigenvalue weighted by Crippen LogP contribution is -2.29. The van der Waals surface area contributed by atoms with Crippen LogP contribution in [0.15, 0.2) is 18.2 Å². The van der Waals surface area contributed by atoms with Crippen LogP contribution in [0.4, 0.5) is 0 Å². The Morgan fingerprint density at radius 3 is 2.80 bits per heavy atom. The maximum atomic E-state index is 11.9. The summed E-state index contributed by atoms with van der Waals surface area (Å²) in [6, 6.07) is 5.81. The maximum absolute atomic E-state index is 11.9. The first-order valence-electron chi connectivity index (χ1n) is 4.97. The number of amides is 1. The quantitative estimate of drug-likeness (QED) is 0.731. The fourth-order valence-corrected chi connectivity index (χ4v) is 2.00. The highest BCUT2D eigenvalue weighted by Gasteiger charge is 2.28. The lowest BCUT2D eigenvalue weighted by Gasteiger charge is -2.12. The van der Waals surface area contributed by atoms with Gasteiger partial charge in [-0.3, -0.25) is 9.59 Å². The standard InChI is InChI=1S/C12H13NO2/c1-8-4-3-5-10-7-13(6-9(2)14)12(15)11(8)10/h3-5H,6-7H2,1-2H3. The minimum absolute atomic E-state index is 0.0155. The number of benzene rings is 1. The minimum Gasteiger partial charge on any atom is -0.327 e. The molecule has 78 valence electrons. The molecule has 0 unspecified atom stereocenters. The van der Waals surface area contributed by atoms with Gasteiger partial charge in [-0.25, -0.2) is 0 Å². The van der Waals surface area contributed by atoms with Gasteiger partial charge in [-0.15, -0.1) is 0 Å². The van der Waals surface area contributed by atoms with Gasteiger partial charge in [0.1, 0.15) is 5.78 Å². The Bertz CT molecular complexity index is 437. The third-order valence-corrected chi connectivity index (χ3v) is 2.63. The molecule has 1 heterocycles. The second-order valence-corrected chi connectivity index (χ2v) is 3.97. The van der Waals surface area contributed by atoms with Gasteiger partial charge in [0.25, 0.3) is 5.91 Å². The molecule has 1 aliphatic heterocycles. The summed E-state index contributed by atoms with van der Waals surface area (Å²) in [7, 11) is 0. The van der Waals surface area contributed by atoms with Crippen molar-refractivity contribution in [3.8, 4) is 0 Å². The van der Waals surface area contributed by atoms with E-state index in [0.717, 1.165) is 16.7 Å². The summed E-state index contributed by atoms with van der Waals surface area (Å²) < 4.78 is 0. The molecule has 3 heteroatoms. The van der Waals surface area contributed by atoms with Gasteiger partial charge in [-0.2, -0.15) is 0 Å². The van der Waals surface area contributed by atoms with E-state index in [-0.39, 0.29) is 18.2 Å². The summed E-state index contributed by atoms with van der Waals surface area (Å²) in [5.74, 6) is 0.00658. The van der Waals surface area contributed by atoms with Crippen LogP contribution in [0.25, 0.3) is 0 Å². The van der Waals surface area contributed by atoms with Crippen LogP contribution in [-0.2, 0) is 11.3 Å². The van der Waals surface area contributed by atoms with Crippen LogP contribution in [0.3, 0.4) is 0 Å². The molecule has 0 bridgehead atoms. The highest BCUT2D eigenvalue weighted by atomic mass is 16.2. The Hall–Kier alpha value is -1.64.